The molecule has 0 atom stereocenters. The highest BCUT2D eigenvalue weighted by atomic mass is 32.1. The number of rotatable bonds is 5. The molecule has 3 aromatic rings. The number of hydrogen-bond donors (Lipinski definition) is 2. The zero-order valence-corrected chi connectivity index (χ0v) is 16.7. The number of aromatic nitrogens is 1. The maximum atomic E-state index is 12.6. The number of pyridine rings is 1. The highest BCUT2D eigenvalue weighted by molar-refractivity contribution is 7.09. The first-order valence-electron chi connectivity index (χ1n) is 9.57. The van der Waals surface area contributed by atoms with Gasteiger partial charge in [0, 0.05) is 48.2 Å². The summed E-state index contributed by atoms with van der Waals surface area (Å²) in [6.45, 7) is 1.83. The van der Waals surface area contributed by atoms with Gasteiger partial charge in [0.05, 0.1) is 0 Å². The molecule has 0 spiro atoms. The number of hydrogen-bond acceptors (Lipinski definition) is 4. The van der Waals surface area contributed by atoms with Crippen LogP contribution in [-0.2, 0) is 19.4 Å². The second-order valence-electron chi connectivity index (χ2n) is 6.91. The van der Waals surface area contributed by atoms with Gasteiger partial charge < -0.3 is 15.5 Å². The largest absolute Gasteiger partial charge is 0.352 e. The van der Waals surface area contributed by atoms with Crippen LogP contribution in [0, 0.1) is 0 Å². The summed E-state index contributed by atoms with van der Waals surface area (Å²) in [4.78, 5) is 32.0. The molecule has 4 rings (SSSR count). The summed E-state index contributed by atoms with van der Waals surface area (Å²) in [5.41, 5.74) is 3.58. The van der Waals surface area contributed by atoms with Gasteiger partial charge in [-0.3, -0.25) is 9.78 Å². The molecule has 0 fully saturated rings. The van der Waals surface area contributed by atoms with E-state index in [0.717, 1.165) is 18.4 Å². The lowest BCUT2D eigenvalue weighted by molar-refractivity contribution is 0.0954. The number of nitrogens with zero attached hydrogens (tertiary/aromatic N) is 2. The number of urea groups is 1. The molecule has 29 heavy (non-hydrogen) atoms. The first-order valence-corrected chi connectivity index (χ1v) is 10.5. The zero-order chi connectivity index (χ0) is 20.1. The third-order valence-electron chi connectivity index (χ3n) is 4.94. The van der Waals surface area contributed by atoms with Crippen LogP contribution in [0.25, 0.3) is 0 Å². The van der Waals surface area contributed by atoms with Crippen LogP contribution in [0.4, 0.5) is 10.5 Å². The smallest absolute Gasteiger partial charge is 0.322 e. The highest BCUT2D eigenvalue weighted by Crippen LogP contribution is 2.19. The normalized spacial score (nSPS) is 12.9. The van der Waals surface area contributed by atoms with Gasteiger partial charge in [0.15, 0.2) is 0 Å². The van der Waals surface area contributed by atoms with Crippen molar-refractivity contribution in [3.05, 3.63) is 81.8 Å². The van der Waals surface area contributed by atoms with Crippen LogP contribution in [0.3, 0.4) is 0 Å². The van der Waals surface area contributed by atoms with Gasteiger partial charge in [-0.05, 0) is 65.7 Å². The van der Waals surface area contributed by atoms with Crippen molar-refractivity contribution < 1.29 is 9.59 Å². The maximum Gasteiger partial charge on any atom is 0.322 e. The monoisotopic (exact) mass is 406 g/mol. The molecule has 0 bridgehead atoms. The topological polar surface area (TPSA) is 74.3 Å². The van der Waals surface area contributed by atoms with Crippen LogP contribution in [0.1, 0.15) is 26.4 Å². The van der Waals surface area contributed by atoms with Crippen LogP contribution in [-0.4, -0.2) is 34.9 Å². The van der Waals surface area contributed by atoms with Gasteiger partial charge in [0.25, 0.3) is 5.91 Å². The molecule has 3 amide bonds. The van der Waals surface area contributed by atoms with Crippen LogP contribution in [0.5, 0.6) is 0 Å². The summed E-state index contributed by atoms with van der Waals surface area (Å²) in [5.74, 6) is -0.112. The van der Waals surface area contributed by atoms with Crippen molar-refractivity contribution in [3.63, 3.8) is 0 Å². The Morgan fingerprint density at radius 3 is 2.76 bits per heavy atom. The highest BCUT2D eigenvalue weighted by Gasteiger charge is 2.20. The Labute approximate surface area is 173 Å². The van der Waals surface area contributed by atoms with Crippen molar-refractivity contribution in [2.75, 3.05) is 18.4 Å². The minimum Gasteiger partial charge on any atom is -0.352 e. The number of benzene rings is 1. The Morgan fingerprint density at radius 1 is 1.10 bits per heavy atom. The minimum absolute atomic E-state index is 0.112. The maximum absolute atomic E-state index is 12.6. The van der Waals surface area contributed by atoms with E-state index < -0.39 is 0 Å². The first kappa shape index (κ1) is 19.1. The average molecular weight is 407 g/mol. The Kier molecular flexibility index (Phi) is 5.86. The van der Waals surface area contributed by atoms with Gasteiger partial charge in [0.1, 0.15) is 0 Å². The number of carbonyl (C=O) groups excluding carboxylic acids is 2. The molecule has 2 aromatic heterocycles. The van der Waals surface area contributed by atoms with Gasteiger partial charge in [-0.15, -0.1) is 11.3 Å². The van der Waals surface area contributed by atoms with Crippen LogP contribution in [0.2, 0.25) is 0 Å². The van der Waals surface area contributed by atoms with Crippen molar-refractivity contribution in [2.45, 2.75) is 19.4 Å². The zero-order valence-electron chi connectivity index (χ0n) is 15.9. The fourth-order valence-corrected chi connectivity index (χ4v) is 4.03. The fraction of sp³-hybridized carbons (Fsp3) is 0.227. The number of thiophene rings is 1. The second kappa shape index (κ2) is 8.87. The Hall–Kier alpha value is -3.19. The van der Waals surface area contributed by atoms with Crippen molar-refractivity contribution in [2.24, 2.45) is 0 Å². The van der Waals surface area contributed by atoms with Gasteiger partial charge in [0.2, 0.25) is 0 Å². The summed E-state index contributed by atoms with van der Waals surface area (Å²) in [6, 6.07) is 12.9. The molecular weight excluding hydrogens is 384 g/mol. The number of fused-ring (bicyclic) bond motifs is 1. The summed E-state index contributed by atoms with van der Waals surface area (Å²) in [5, 5.41) is 7.86. The minimum atomic E-state index is -0.146. The summed E-state index contributed by atoms with van der Waals surface area (Å²) in [6.07, 6.45) is 5.26. The van der Waals surface area contributed by atoms with Crippen LogP contribution in [0.15, 0.2) is 60.2 Å². The summed E-state index contributed by atoms with van der Waals surface area (Å²) in [7, 11) is 0. The number of amides is 3. The molecule has 1 aliphatic heterocycles. The van der Waals surface area contributed by atoms with Crippen molar-refractivity contribution in [1.29, 1.82) is 0 Å². The summed E-state index contributed by atoms with van der Waals surface area (Å²) < 4.78 is 0. The molecule has 0 radical (unpaired) electrons. The average Bonchev–Trinajstić information content (AvgIpc) is 3.27. The summed E-state index contributed by atoms with van der Waals surface area (Å²) >= 11 is 1.69. The van der Waals surface area contributed by atoms with Crippen molar-refractivity contribution in [3.8, 4) is 0 Å². The molecule has 0 unspecified atom stereocenters. The predicted octanol–water partition coefficient (Wildman–Crippen LogP) is 3.71. The van der Waals surface area contributed by atoms with Crippen molar-refractivity contribution in [1.82, 2.24) is 15.2 Å². The third-order valence-corrected chi connectivity index (χ3v) is 5.88. The van der Waals surface area contributed by atoms with Crippen LogP contribution < -0.4 is 10.6 Å². The molecule has 0 saturated heterocycles. The molecule has 0 aliphatic carbocycles. The molecule has 1 aromatic carbocycles. The van der Waals surface area contributed by atoms with Gasteiger partial charge in [-0.1, -0.05) is 6.07 Å². The van der Waals surface area contributed by atoms with Gasteiger partial charge in [-0.2, -0.15) is 0 Å². The molecule has 1 aliphatic rings. The van der Waals surface area contributed by atoms with E-state index in [1.165, 1.54) is 10.4 Å². The van der Waals surface area contributed by atoms with Gasteiger partial charge in [-0.25, -0.2) is 4.79 Å². The van der Waals surface area contributed by atoms with Crippen molar-refractivity contribution >= 4 is 29.0 Å². The Morgan fingerprint density at radius 2 is 1.97 bits per heavy atom. The van der Waals surface area contributed by atoms with E-state index in [1.54, 1.807) is 46.7 Å². The Bertz CT molecular complexity index is 986. The Balaban J connectivity index is 1.29. The van der Waals surface area contributed by atoms with E-state index in [4.69, 9.17) is 0 Å². The van der Waals surface area contributed by atoms with E-state index >= 15 is 0 Å². The number of anilines is 1. The lowest BCUT2D eigenvalue weighted by atomic mass is 10.0. The molecule has 0 saturated carbocycles. The lowest BCUT2D eigenvalue weighted by Crippen LogP contribution is -2.38. The quantitative estimate of drug-likeness (QED) is 0.678. The van der Waals surface area contributed by atoms with E-state index in [-0.39, 0.29) is 11.9 Å². The number of carbonyl (C=O) groups is 2. The molecule has 148 valence electrons. The van der Waals surface area contributed by atoms with E-state index in [1.807, 2.05) is 23.7 Å². The standard InChI is InChI=1S/C22H22N4O2S/c27-21(24-11-8-20-2-1-13-29-20)17-3-5-19(6-4-17)25-22(28)26-12-9-16-7-10-23-14-18(16)15-26/h1-7,10,13-14H,8-9,11-12,15H2,(H,24,27)(H,25,28). The first-order chi connectivity index (χ1) is 14.2. The SMILES string of the molecule is O=C(NCCc1cccs1)c1ccc(NC(=O)N2CCc3ccncc3C2)cc1. The van der Waals surface area contributed by atoms with E-state index in [2.05, 4.69) is 21.7 Å². The predicted molar refractivity (Wildman–Crippen MR) is 114 cm³/mol. The molecule has 7 heteroatoms. The second-order valence-corrected chi connectivity index (χ2v) is 7.94. The molecular formula is C22H22N4O2S. The van der Waals surface area contributed by atoms with E-state index in [9.17, 15) is 9.59 Å². The molecule has 2 N–H and O–H groups in total. The van der Waals surface area contributed by atoms with Crippen LogP contribution >= 0.6 is 11.3 Å². The number of nitrogens with one attached hydrogen (secondary N) is 2. The molecule has 6 nitrogen and oxygen atoms in total. The lowest BCUT2D eigenvalue weighted by Gasteiger charge is -2.28. The van der Waals surface area contributed by atoms with Gasteiger partial charge >= 0.3 is 6.03 Å². The van der Waals surface area contributed by atoms with E-state index in [0.29, 0.717) is 30.9 Å². The molecule has 3 heterocycles. The third kappa shape index (κ3) is 4.81. The fourth-order valence-electron chi connectivity index (χ4n) is 3.32.